The van der Waals surface area contributed by atoms with Crippen molar-refractivity contribution in [1.29, 1.82) is 0 Å². The van der Waals surface area contributed by atoms with E-state index >= 15 is 0 Å². The number of aliphatic hydroxyl groups excluding tert-OH is 1. The molecule has 5 nitrogen and oxygen atoms in total. The molecule has 2 aliphatic carbocycles. The van der Waals surface area contributed by atoms with Crippen molar-refractivity contribution < 1.29 is 19.8 Å². The van der Waals surface area contributed by atoms with E-state index in [4.69, 9.17) is 0 Å². The molecule has 1 amide bonds. The lowest BCUT2D eigenvalue weighted by atomic mass is 9.81. The largest absolute Gasteiger partial charge is 0.477 e. The van der Waals surface area contributed by atoms with Gasteiger partial charge in [-0.15, -0.1) is 11.3 Å². The van der Waals surface area contributed by atoms with Crippen LogP contribution in [0.25, 0.3) is 0 Å². The molecule has 2 N–H and O–H groups in total. The summed E-state index contributed by atoms with van der Waals surface area (Å²) in [5.74, 6) is 6.17. The van der Waals surface area contributed by atoms with E-state index in [9.17, 15) is 19.8 Å². The fourth-order valence-corrected chi connectivity index (χ4v) is 5.44. The van der Waals surface area contributed by atoms with Gasteiger partial charge in [-0.1, -0.05) is 32.6 Å². The topological polar surface area (TPSA) is 77.8 Å². The number of aromatic carboxylic acids is 1. The Morgan fingerprint density at radius 1 is 1.16 bits per heavy atom. The van der Waals surface area contributed by atoms with Crippen molar-refractivity contribution in [3.63, 3.8) is 0 Å². The number of carboxylic acid groups (broad SMARTS) is 1. The molecule has 0 bridgehead atoms. The maximum absolute atomic E-state index is 13.7. The number of hydrogen-bond donors (Lipinski definition) is 2. The lowest BCUT2D eigenvalue weighted by molar-refractivity contribution is -0.124. The van der Waals surface area contributed by atoms with E-state index in [2.05, 4.69) is 25.7 Å². The zero-order valence-electron chi connectivity index (χ0n) is 18.9. The SMILES string of the molecule is CCC(C)C#Cc1cc(N(C(=O)C2CCC(C)CC2)C2CCC(O)CC2)c(C(=O)O)s1. The highest BCUT2D eigenvalue weighted by Crippen LogP contribution is 2.38. The van der Waals surface area contributed by atoms with Crippen LogP contribution < -0.4 is 4.90 Å². The van der Waals surface area contributed by atoms with Crippen LogP contribution >= 0.6 is 11.3 Å². The molecule has 2 aliphatic rings. The van der Waals surface area contributed by atoms with Gasteiger partial charge in [-0.25, -0.2) is 4.79 Å². The molecule has 0 aromatic carbocycles. The quantitative estimate of drug-likeness (QED) is 0.602. The average molecular weight is 446 g/mol. The molecule has 1 aromatic rings. The number of amides is 1. The van der Waals surface area contributed by atoms with Crippen LogP contribution in [0.2, 0.25) is 0 Å². The lowest BCUT2D eigenvalue weighted by Crippen LogP contribution is -2.47. The number of carbonyl (C=O) groups is 2. The van der Waals surface area contributed by atoms with Crippen molar-refractivity contribution >= 4 is 28.9 Å². The van der Waals surface area contributed by atoms with E-state index in [1.807, 2.05) is 6.92 Å². The molecule has 0 spiro atoms. The summed E-state index contributed by atoms with van der Waals surface area (Å²) in [6, 6.07) is 1.73. The van der Waals surface area contributed by atoms with E-state index in [-0.39, 0.29) is 34.8 Å². The lowest BCUT2D eigenvalue weighted by Gasteiger charge is -2.38. The molecule has 0 saturated heterocycles. The zero-order valence-corrected chi connectivity index (χ0v) is 19.7. The Kier molecular flexibility index (Phi) is 8.18. The third kappa shape index (κ3) is 5.90. The molecule has 0 aliphatic heterocycles. The number of anilines is 1. The normalized spacial score (nSPS) is 27.1. The van der Waals surface area contributed by atoms with Crippen LogP contribution in [0.5, 0.6) is 0 Å². The first-order valence-corrected chi connectivity index (χ1v) is 12.5. The van der Waals surface area contributed by atoms with Gasteiger partial charge < -0.3 is 15.1 Å². The summed E-state index contributed by atoms with van der Waals surface area (Å²) in [5.41, 5.74) is 0.496. The molecule has 1 atom stereocenters. The van der Waals surface area contributed by atoms with Gasteiger partial charge in [0.15, 0.2) is 0 Å². The molecule has 2 fully saturated rings. The predicted octanol–water partition coefficient (Wildman–Crippen LogP) is 5.31. The molecule has 1 heterocycles. The Morgan fingerprint density at radius 2 is 1.81 bits per heavy atom. The van der Waals surface area contributed by atoms with E-state index in [0.29, 0.717) is 42.2 Å². The summed E-state index contributed by atoms with van der Waals surface area (Å²) in [6.45, 7) is 6.35. The number of carboxylic acids is 1. The number of rotatable bonds is 5. The summed E-state index contributed by atoms with van der Waals surface area (Å²) >= 11 is 1.16. The van der Waals surface area contributed by atoms with E-state index in [0.717, 1.165) is 43.4 Å². The first kappa shape index (κ1) is 23.8. The van der Waals surface area contributed by atoms with Gasteiger partial charge >= 0.3 is 5.97 Å². The Hall–Kier alpha value is -1.84. The molecule has 1 unspecified atom stereocenters. The highest BCUT2D eigenvalue weighted by molar-refractivity contribution is 7.15. The number of carbonyl (C=O) groups excluding carboxylic acids is 1. The van der Waals surface area contributed by atoms with Crippen LogP contribution in [0.4, 0.5) is 5.69 Å². The molecule has 170 valence electrons. The number of hydrogen-bond acceptors (Lipinski definition) is 4. The molecule has 3 rings (SSSR count). The molecule has 6 heteroatoms. The van der Waals surface area contributed by atoms with Crippen LogP contribution in [0.15, 0.2) is 6.07 Å². The first-order chi connectivity index (χ1) is 14.8. The molecule has 2 saturated carbocycles. The molecular formula is C25H35NO4S. The van der Waals surface area contributed by atoms with Gasteiger partial charge in [0.1, 0.15) is 4.88 Å². The summed E-state index contributed by atoms with van der Waals surface area (Å²) in [6.07, 6.45) is 7.07. The third-order valence-electron chi connectivity index (χ3n) is 6.85. The minimum atomic E-state index is -1.01. The fourth-order valence-electron chi connectivity index (χ4n) is 4.59. The summed E-state index contributed by atoms with van der Waals surface area (Å²) in [7, 11) is 0. The van der Waals surface area contributed by atoms with Crippen LogP contribution in [-0.4, -0.2) is 34.2 Å². The van der Waals surface area contributed by atoms with Crippen LogP contribution in [0, 0.1) is 29.6 Å². The zero-order chi connectivity index (χ0) is 22.5. The monoisotopic (exact) mass is 445 g/mol. The van der Waals surface area contributed by atoms with Gasteiger partial charge in [0.25, 0.3) is 0 Å². The second-order valence-electron chi connectivity index (χ2n) is 9.34. The van der Waals surface area contributed by atoms with Crippen LogP contribution in [0.1, 0.15) is 93.1 Å². The fraction of sp³-hybridized carbons (Fsp3) is 0.680. The van der Waals surface area contributed by atoms with Gasteiger partial charge in [-0.3, -0.25) is 4.79 Å². The Balaban J connectivity index is 1.97. The summed E-state index contributed by atoms with van der Waals surface area (Å²) in [5, 5.41) is 19.9. The first-order valence-electron chi connectivity index (χ1n) is 11.7. The van der Waals surface area contributed by atoms with Gasteiger partial charge in [-0.2, -0.15) is 0 Å². The van der Waals surface area contributed by atoms with Crippen LogP contribution in [-0.2, 0) is 4.79 Å². The minimum Gasteiger partial charge on any atom is -0.477 e. The number of nitrogens with zero attached hydrogens (tertiary/aromatic N) is 1. The van der Waals surface area contributed by atoms with Crippen molar-refractivity contribution in [3.05, 3.63) is 15.8 Å². The Morgan fingerprint density at radius 3 is 2.39 bits per heavy atom. The highest BCUT2D eigenvalue weighted by atomic mass is 32.1. The van der Waals surface area contributed by atoms with Gasteiger partial charge in [-0.05, 0) is 69.8 Å². The van der Waals surface area contributed by atoms with Gasteiger partial charge in [0.05, 0.1) is 16.7 Å². The van der Waals surface area contributed by atoms with Crippen LogP contribution in [0.3, 0.4) is 0 Å². The maximum Gasteiger partial charge on any atom is 0.348 e. The molecule has 31 heavy (non-hydrogen) atoms. The summed E-state index contributed by atoms with van der Waals surface area (Å²) in [4.78, 5) is 28.5. The molecule has 0 radical (unpaired) electrons. The predicted molar refractivity (Wildman–Crippen MR) is 124 cm³/mol. The second-order valence-corrected chi connectivity index (χ2v) is 10.4. The van der Waals surface area contributed by atoms with Crippen molar-refractivity contribution in [3.8, 4) is 11.8 Å². The average Bonchev–Trinajstić information content (AvgIpc) is 3.18. The summed E-state index contributed by atoms with van der Waals surface area (Å²) < 4.78 is 0. The van der Waals surface area contributed by atoms with Gasteiger partial charge in [0, 0.05) is 17.9 Å². The van der Waals surface area contributed by atoms with Crippen molar-refractivity contribution in [2.24, 2.45) is 17.8 Å². The Bertz CT molecular complexity index is 835. The van der Waals surface area contributed by atoms with Crippen molar-refractivity contribution in [2.75, 3.05) is 4.90 Å². The van der Waals surface area contributed by atoms with E-state index < -0.39 is 5.97 Å². The van der Waals surface area contributed by atoms with Crippen molar-refractivity contribution in [1.82, 2.24) is 0 Å². The molecule has 1 aromatic heterocycles. The van der Waals surface area contributed by atoms with E-state index in [1.165, 1.54) is 0 Å². The highest BCUT2D eigenvalue weighted by Gasteiger charge is 2.37. The van der Waals surface area contributed by atoms with Crippen molar-refractivity contribution in [2.45, 2.75) is 90.7 Å². The smallest absolute Gasteiger partial charge is 0.348 e. The third-order valence-corrected chi connectivity index (χ3v) is 7.88. The standard InChI is InChI=1S/C25H35NO4S/c1-4-16(2)7-14-21-15-22(23(31-21)25(29)30)26(19-10-12-20(27)13-11-19)24(28)18-8-5-17(3)6-9-18/h15-20,27H,4-6,8-13H2,1-3H3,(H,29,30). The maximum atomic E-state index is 13.7. The number of thiophene rings is 1. The Labute approximate surface area is 189 Å². The molecular weight excluding hydrogens is 410 g/mol. The van der Waals surface area contributed by atoms with Gasteiger partial charge in [0.2, 0.25) is 5.91 Å². The second kappa shape index (κ2) is 10.7. The van der Waals surface area contributed by atoms with E-state index in [1.54, 1.807) is 11.0 Å². The number of aliphatic hydroxyl groups is 1. The minimum absolute atomic E-state index is 0.0509.